The molecule has 1 fully saturated rings. The molecule has 1 aliphatic heterocycles. The topological polar surface area (TPSA) is 18.5 Å². The Bertz CT molecular complexity index is 436. The van der Waals surface area contributed by atoms with Gasteiger partial charge in [0.1, 0.15) is 0 Å². The molecule has 0 aromatic heterocycles. The smallest absolute Gasteiger partial charge is 0.0508 e. The molecule has 0 atom stereocenters. The van der Waals surface area contributed by atoms with Gasteiger partial charge in [-0.25, -0.2) is 0 Å². The maximum atomic E-state index is 3.89. The summed E-state index contributed by atoms with van der Waals surface area (Å²) in [7, 11) is 2.10. The second-order valence-corrected chi connectivity index (χ2v) is 4.48. The summed E-state index contributed by atoms with van der Waals surface area (Å²) in [4.78, 5) is 4.45. The zero-order chi connectivity index (χ0) is 13.0. The number of hydrogen-bond donors (Lipinski definition) is 1. The average molecular weight is 243 g/mol. The fourth-order valence-corrected chi connectivity index (χ4v) is 2.22. The van der Waals surface area contributed by atoms with Crippen LogP contribution in [0.15, 0.2) is 54.5 Å². The van der Waals surface area contributed by atoms with Crippen molar-refractivity contribution in [3.05, 3.63) is 54.5 Å². The first-order valence-electron chi connectivity index (χ1n) is 6.32. The summed E-state index contributed by atoms with van der Waals surface area (Å²) < 4.78 is 0. The van der Waals surface area contributed by atoms with Crippen molar-refractivity contribution in [2.45, 2.75) is 6.92 Å². The fraction of sp³-hybridized carbons (Fsp3) is 0.333. The highest BCUT2D eigenvalue weighted by Crippen LogP contribution is 2.21. The Morgan fingerprint density at radius 1 is 1.39 bits per heavy atom. The number of nitrogens with zero attached hydrogens (tertiary/aromatic N) is 2. The van der Waals surface area contributed by atoms with E-state index in [4.69, 9.17) is 0 Å². The average Bonchev–Trinajstić information content (AvgIpc) is 2.46. The van der Waals surface area contributed by atoms with Crippen molar-refractivity contribution in [3.8, 4) is 0 Å². The highest BCUT2D eigenvalue weighted by molar-refractivity contribution is 5.51. The SMILES string of the molecule is C=CN1CCNC/C1=C(\C)N(C)c1ccccc1. The Balaban J connectivity index is 2.28. The van der Waals surface area contributed by atoms with E-state index in [1.807, 2.05) is 12.3 Å². The molecule has 0 bridgehead atoms. The molecular formula is C15H21N3. The molecule has 1 N–H and O–H groups in total. The first-order chi connectivity index (χ1) is 8.74. The minimum absolute atomic E-state index is 0.898. The van der Waals surface area contributed by atoms with E-state index < -0.39 is 0 Å². The maximum absolute atomic E-state index is 3.89. The molecule has 2 rings (SSSR count). The van der Waals surface area contributed by atoms with Gasteiger partial charge in [0.15, 0.2) is 0 Å². The largest absolute Gasteiger partial charge is 0.348 e. The number of nitrogens with one attached hydrogen (secondary N) is 1. The number of benzene rings is 1. The predicted octanol–water partition coefficient (Wildman–Crippen LogP) is 2.40. The van der Waals surface area contributed by atoms with E-state index in [-0.39, 0.29) is 0 Å². The number of anilines is 1. The minimum Gasteiger partial charge on any atom is -0.348 e. The van der Waals surface area contributed by atoms with Gasteiger partial charge in [0.25, 0.3) is 0 Å². The summed E-state index contributed by atoms with van der Waals surface area (Å²) in [5.74, 6) is 0. The fourth-order valence-electron chi connectivity index (χ4n) is 2.22. The molecule has 0 radical (unpaired) electrons. The number of hydrogen-bond acceptors (Lipinski definition) is 3. The molecule has 3 heteroatoms. The molecule has 1 saturated heterocycles. The van der Waals surface area contributed by atoms with Gasteiger partial charge in [0.2, 0.25) is 0 Å². The summed E-state index contributed by atoms with van der Waals surface area (Å²) in [5.41, 5.74) is 3.76. The van der Waals surface area contributed by atoms with Crippen LogP contribution in [0.4, 0.5) is 5.69 Å². The highest BCUT2D eigenvalue weighted by atomic mass is 15.2. The van der Waals surface area contributed by atoms with Gasteiger partial charge in [0.05, 0.1) is 5.70 Å². The van der Waals surface area contributed by atoms with E-state index in [0.717, 1.165) is 19.6 Å². The zero-order valence-electron chi connectivity index (χ0n) is 11.2. The summed E-state index contributed by atoms with van der Waals surface area (Å²) in [6, 6.07) is 10.4. The van der Waals surface area contributed by atoms with Crippen LogP contribution in [0.2, 0.25) is 0 Å². The van der Waals surface area contributed by atoms with Gasteiger partial charge in [-0.1, -0.05) is 24.8 Å². The number of piperazine rings is 1. The van der Waals surface area contributed by atoms with Gasteiger partial charge >= 0.3 is 0 Å². The first-order valence-corrected chi connectivity index (χ1v) is 6.32. The van der Waals surface area contributed by atoms with E-state index in [2.05, 4.69) is 59.9 Å². The lowest BCUT2D eigenvalue weighted by atomic mass is 10.2. The number of rotatable bonds is 3. The second kappa shape index (κ2) is 5.74. The standard InChI is InChI=1S/C15H21N3/c1-4-18-11-10-16-12-15(18)13(2)17(3)14-8-6-5-7-9-14/h4-9,16H,1,10-12H2,2-3H3/b15-13-. The molecule has 1 aromatic carbocycles. The summed E-state index contributed by atoms with van der Waals surface area (Å²) in [6.45, 7) is 8.95. The van der Waals surface area contributed by atoms with Crippen molar-refractivity contribution >= 4 is 5.69 Å². The van der Waals surface area contributed by atoms with Gasteiger partial charge in [-0.15, -0.1) is 0 Å². The number of para-hydroxylation sites is 1. The van der Waals surface area contributed by atoms with E-state index in [0.29, 0.717) is 0 Å². The lowest BCUT2D eigenvalue weighted by Gasteiger charge is -2.33. The minimum atomic E-state index is 0.898. The Morgan fingerprint density at radius 2 is 2.11 bits per heavy atom. The van der Waals surface area contributed by atoms with Crippen molar-refractivity contribution in [3.63, 3.8) is 0 Å². The van der Waals surface area contributed by atoms with Crippen LogP contribution in [0.25, 0.3) is 0 Å². The quantitative estimate of drug-likeness (QED) is 0.879. The van der Waals surface area contributed by atoms with Crippen molar-refractivity contribution in [1.82, 2.24) is 10.2 Å². The molecule has 1 heterocycles. The van der Waals surface area contributed by atoms with E-state index >= 15 is 0 Å². The van der Waals surface area contributed by atoms with Gasteiger partial charge < -0.3 is 15.1 Å². The lowest BCUT2D eigenvalue weighted by molar-refractivity contribution is 0.388. The van der Waals surface area contributed by atoms with Crippen LogP contribution in [0.3, 0.4) is 0 Å². The van der Waals surface area contributed by atoms with Crippen LogP contribution in [0.1, 0.15) is 6.92 Å². The molecule has 0 unspecified atom stereocenters. The van der Waals surface area contributed by atoms with Crippen molar-refractivity contribution < 1.29 is 0 Å². The molecule has 0 amide bonds. The zero-order valence-corrected chi connectivity index (χ0v) is 11.2. The third-order valence-electron chi connectivity index (χ3n) is 3.45. The Labute approximate surface area is 109 Å². The molecule has 0 spiro atoms. The van der Waals surface area contributed by atoms with Crippen molar-refractivity contribution in [2.75, 3.05) is 31.6 Å². The lowest BCUT2D eigenvalue weighted by Crippen LogP contribution is -2.40. The molecule has 1 aliphatic rings. The van der Waals surface area contributed by atoms with E-state index in [1.54, 1.807) is 0 Å². The molecular weight excluding hydrogens is 222 g/mol. The summed E-state index contributed by atoms with van der Waals surface area (Å²) in [6.07, 6.45) is 1.92. The summed E-state index contributed by atoms with van der Waals surface area (Å²) >= 11 is 0. The summed E-state index contributed by atoms with van der Waals surface area (Å²) in [5, 5.41) is 3.41. The molecule has 18 heavy (non-hydrogen) atoms. The van der Waals surface area contributed by atoms with E-state index in [9.17, 15) is 0 Å². The van der Waals surface area contributed by atoms with E-state index in [1.165, 1.54) is 17.1 Å². The van der Waals surface area contributed by atoms with Crippen LogP contribution < -0.4 is 10.2 Å². The van der Waals surface area contributed by atoms with Gasteiger partial charge in [-0.05, 0) is 25.3 Å². The number of allylic oxidation sites excluding steroid dienone is 1. The van der Waals surface area contributed by atoms with Crippen LogP contribution in [0.5, 0.6) is 0 Å². The molecule has 96 valence electrons. The van der Waals surface area contributed by atoms with Crippen LogP contribution >= 0.6 is 0 Å². The van der Waals surface area contributed by atoms with Gasteiger partial charge in [0, 0.05) is 38.1 Å². The molecule has 0 saturated carbocycles. The van der Waals surface area contributed by atoms with Crippen molar-refractivity contribution in [1.29, 1.82) is 0 Å². The Kier molecular flexibility index (Phi) is 4.05. The van der Waals surface area contributed by atoms with Crippen LogP contribution in [0, 0.1) is 0 Å². The molecule has 3 nitrogen and oxygen atoms in total. The monoisotopic (exact) mass is 243 g/mol. The van der Waals surface area contributed by atoms with Gasteiger partial charge in [-0.3, -0.25) is 0 Å². The Morgan fingerprint density at radius 3 is 2.78 bits per heavy atom. The molecule has 1 aromatic rings. The third kappa shape index (κ3) is 2.57. The van der Waals surface area contributed by atoms with Crippen molar-refractivity contribution in [2.24, 2.45) is 0 Å². The predicted molar refractivity (Wildman–Crippen MR) is 77.3 cm³/mol. The first kappa shape index (κ1) is 12.7. The second-order valence-electron chi connectivity index (χ2n) is 4.48. The van der Waals surface area contributed by atoms with Gasteiger partial charge in [-0.2, -0.15) is 0 Å². The van der Waals surface area contributed by atoms with Crippen LogP contribution in [-0.4, -0.2) is 31.6 Å². The highest BCUT2D eigenvalue weighted by Gasteiger charge is 2.16. The maximum Gasteiger partial charge on any atom is 0.0508 e. The van der Waals surface area contributed by atoms with Crippen LogP contribution in [-0.2, 0) is 0 Å². The normalized spacial score (nSPS) is 18.4. The third-order valence-corrected chi connectivity index (χ3v) is 3.45. The molecule has 0 aliphatic carbocycles. The Hall–Kier alpha value is -1.74.